The molecule has 7 heteroatoms. The highest BCUT2D eigenvalue weighted by molar-refractivity contribution is 7.99. The summed E-state index contributed by atoms with van der Waals surface area (Å²) < 4.78 is 15.8. The van der Waals surface area contributed by atoms with Gasteiger partial charge in [0.2, 0.25) is 0 Å². The van der Waals surface area contributed by atoms with Crippen molar-refractivity contribution in [2.24, 2.45) is 0 Å². The number of rotatable bonds is 9. The van der Waals surface area contributed by atoms with E-state index in [0.717, 1.165) is 10.6 Å². The number of amides is 1. The van der Waals surface area contributed by atoms with Gasteiger partial charge in [-0.25, -0.2) is 0 Å². The van der Waals surface area contributed by atoms with E-state index in [-0.39, 0.29) is 12.5 Å². The Labute approximate surface area is 156 Å². The minimum Gasteiger partial charge on any atom is -0.496 e. The van der Waals surface area contributed by atoms with Crippen molar-refractivity contribution in [3.8, 4) is 17.2 Å². The summed E-state index contributed by atoms with van der Waals surface area (Å²) >= 11 is 7.49. The van der Waals surface area contributed by atoms with Gasteiger partial charge in [0.15, 0.2) is 6.61 Å². The number of hydrogen-bond donors (Lipinski definition) is 1. The molecule has 5 nitrogen and oxygen atoms in total. The van der Waals surface area contributed by atoms with Crippen LogP contribution >= 0.6 is 23.4 Å². The van der Waals surface area contributed by atoms with Crippen LogP contribution in [0.5, 0.6) is 17.2 Å². The van der Waals surface area contributed by atoms with Gasteiger partial charge in [-0.05, 0) is 24.3 Å². The van der Waals surface area contributed by atoms with Crippen LogP contribution in [0.2, 0.25) is 5.02 Å². The van der Waals surface area contributed by atoms with Gasteiger partial charge in [0.25, 0.3) is 5.91 Å². The first-order chi connectivity index (χ1) is 12.1. The fourth-order valence-electron chi connectivity index (χ4n) is 1.95. The van der Waals surface area contributed by atoms with Crippen LogP contribution in [0, 0.1) is 0 Å². The number of thioether (sulfide) groups is 1. The second kappa shape index (κ2) is 10.1. The molecule has 1 amide bonds. The van der Waals surface area contributed by atoms with E-state index < -0.39 is 0 Å². The molecule has 0 aliphatic heterocycles. The lowest BCUT2D eigenvalue weighted by atomic mass is 10.3. The van der Waals surface area contributed by atoms with Crippen molar-refractivity contribution in [3.63, 3.8) is 0 Å². The highest BCUT2D eigenvalue weighted by Crippen LogP contribution is 2.27. The zero-order valence-electron chi connectivity index (χ0n) is 14.1. The number of halogens is 1. The van der Waals surface area contributed by atoms with Crippen LogP contribution in [0.4, 0.5) is 0 Å². The molecule has 0 aromatic heterocycles. The molecule has 0 unspecified atom stereocenters. The molecule has 2 aromatic rings. The molecule has 134 valence electrons. The monoisotopic (exact) mass is 381 g/mol. The molecule has 0 heterocycles. The van der Waals surface area contributed by atoms with Gasteiger partial charge in [-0.3, -0.25) is 4.79 Å². The summed E-state index contributed by atoms with van der Waals surface area (Å²) in [6.07, 6.45) is 0. The average Bonchev–Trinajstić information content (AvgIpc) is 2.64. The minimum absolute atomic E-state index is 0.0675. The maximum Gasteiger partial charge on any atom is 0.257 e. The molecule has 2 rings (SSSR count). The standard InChI is InChI=1S/C18H20ClNO4S/c1-22-14-9-15(23-2)11-16(10-14)24-12-18(21)20-7-8-25-17-5-3-13(19)4-6-17/h3-6,9-11H,7-8,12H2,1-2H3,(H,20,21). The zero-order valence-corrected chi connectivity index (χ0v) is 15.7. The molecule has 0 spiro atoms. The summed E-state index contributed by atoms with van der Waals surface area (Å²) in [5, 5.41) is 3.53. The minimum atomic E-state index is -0.182. The summed E-state index contributed by atoms with van der Waals surface area (Å²) in [6.45, 7) is 0.485. The third-order valence-corrected chi connectivity index (χ3v) is 4.47. The number of methoxy groups -OCH3 is 2. The third kappa shape index (κ3) is 6.76. The number of benzene rings is 2. The third-order valence-electron chi connectivity index (χ3n) is 3.20. The van der Waals surface area contributed by atoms with E-state index in [2.05, 4.69) is 5.32 Å². The molecule has 1 N–H and O–H groups in total. The molecule has 0 aliphatic carbocycles. The summed E-state index contributed by atoms with van der Waals surface area (Å²) in [4.78, 5) is 13.0. The van der Waals surface area contributed by atoms with Gasteiger partial charge in [-0.2, -0.15) is 0 Å². The Morgan fingerprint density at radius 1 is 1.04 bits per heavy atom. The number of carbonyl (C=O) groups excluding carboxylic acids is 1. The largest absolute Gasteiger partial charge is 0.496 e. The Kier molecular flexibility index (Phi) is 7.76. The van der Waals surface area contributed by atoms with E-state index in [1.165, 1.54) is 0 Å². The number of hydrogen-bond acceptors (Lipinski definition) is 5. The Morgan fingerprint density at radius 3 is 2.24 bits per heavy atom. The van der Waals surface area contributed by atoms with E-state index in [1.807, 2.05) is 24.3 Å². The van der Waals surface area contributed by atoms with Gasteiger partial charge in [0, 0.05) is 40.4 Å². The van der Waals surface area contributed by atoms with Gasteiger partial charge < -0.3 is 19.5 Å². The number of carbonyl (C=O) groups is 1. The van der Waals surface area contributed by atoms with Crippen molar-refractivity contribution in [2.75, 3.05) is 33.1 Å². The Hall–Kier alpha value is -2.05. The molecule has 25 heavy (non-hydrogen) atoms. The lowest BCUT2D eigenvalue weighted by Gasteiger charge is -2.10. The Balaban J connectivity index is 1.71. The normalized spacial score (nSPS) is 10.2. The lowest BCUT2D eigenvalue weighted by molar-refractivity contribution is -0.122. The highest BCUT2D eigenvalue weighted by Gasteiger charge is 2.06. The van der Waals surface area contributed by atoms with Crippen LogP contribution < -0.4 is 19.5 Å². The van der Waals surface area contributed by atoms with Crippen molar-refractivity contribution in [1.82, 2.24) is 5.32 Å². The Bertz CT molecular complexity index is 672. The van der Waals surface area contributed by atoms with Crippen molar-refractivity contribution in [3.05, 3.63) is 47.5 Å². The molecule has 0 atom stereocenters. The molecule has 0 saturated carbocycles. The molecule has 0 bridgehead atoms. The van der Waals surface area contributed by atoms with Crippen molar-refractivity contribution < 1.29 is 19.0 Å². The first kappa shape index (κ1) is 19.3. The maximum absolute atomic E-state index is 11.9. The maximum atomic E-state index is 11.9. The van der Waals surface area contributed by atoms with Crippen molar-refractivity contribution in [2.45, 2.75) is 4.90 Å². The van der Waals surface area contributed by atoms with Crippen LogP contribution in [0.15, 0.2) is 47.4 Å². The Morgan fingerprint density at radius 2 is 1.64 bits per heavy atom. The van der Waals surface area contributed by atoms with Gasteiger partial charge >= 0.3 is 0 Å². The molecule has 0 aliphatic rings. The van der Waals surface area contributed by atoms with Crippen LogP contribution in [-0.2, 0) is 4.79 Å². The van der Waals surface area contributed by atoms with E-state index in [9.17, 15) is 4.79 Å². The van der Waals surface area contributed by atoms with Gasteiger partial charge in [0.1, 0.15) is 17.2 Å². The quantitative estimate of drug-likeness (QED) is 0.530. The fourth-order valence-corrected chi connectivity index (χ4v) is 2.85. The van der Waals surface area contributed by atoms with Gasteiger partial charge in [-0.15, -0.1) is 11.8 Å². The molecule has 0 fully saturated rings. The van der Waals surface area contributed by atoms with Crippen LogP contribution in [0.3, 0.4) is 0 Å². The highest BCUT2D eigenvalue weighted by atomic mass is 35.5. The van der Waals surface area contributed by atoms with E-state index in [0.29, 0.717) is 28.8 Å². The van der Waals surface area contributed by atoms with Crippen LogP contribution in [0.25, 0.3) is 0 Å². The first-order valence-corrected chi connectivity index (χ1v) is 8.98. The fraction of sp³-hybridized carbons (Fsp3) is 0.278. The van der Waals surface area contributed by atoms with E-state index in [4.69, 9.17) is 25.8 Å². The smallest absolute Gasteiger partial charge is 0.257 e. The van der Waals surface area contributed by atoms with Gasteiger partial charge in [0.05, 0.1) is 14.2 Å². The van der Waals surface area contributed by atoms with Crippen molar-refractivity contribution in [1.29, 1.82) is 0 Å². The topological polar surface area (TPSA) is 56.8 Å². The molecule has 2 aromatic carbocycles. The lowest BCUT2D eigenvalue weighted by Crippen LogP contribution is -2.30. The van der Waals surface area contributed by atoms with Crippen molar-refractivity contribution >= 4 is 29.3 Å². The first-order valence-electron chi connectivity index (χ1n) is 7.61. The number of nitrogens with one attached hydrogen (secondary N) is 1. The van der Waals surface area contributed by atoms with Crippen LogP contribution in [-0.4, -0.2) is 39.0 Å². The molecule has 0 saturated heterocycles. The predicted molar refractivity (Wildman–Crippen MR) is 100 cm³/mol. The zero-order chi connectivity index (χ0) is 18.1. The second-order valence-corrected chi connectivity index (χ2v) is 6.59. The molecular formula is C18H20ClNO4S. The van der Waals surface area contributed by atoms with Gasteiger partial charge in [-0.1, -0.05) is 11.6 Å². The summed E-state index contributed by atoms with van der Waals surface area (Å²) in [5.41, 5.74) is 0. The molecule has 0 radical (unpaired) electrons. The van der Waals surface area contributed by atoms with Crippen LogP contribution in [0.1, 0.15) is 0 Å². The summed E-state index contributed by atoms with van der Waals surface area (Å²) in [6, 6.07) is 12.7. The molecular weight excluding hydrogens is 362 g/mol. The summed E-state index contributed by atoms with van der Waals surface area (Å²) in [5.74, 6) is 2.31. The van der Waals surface area contributed by atoms with E-state index in [1.54, 1.807) is 44.2 Å². The number of ether oxygens (including phenoxy) is 3. The SMILES string of the molecule is COc1cc(OC)cc(OCC(=O)NCCSc2ccc(Cl)cc2)c1. The summed E-state index contributed by atoms with van der Waals surface area (Å²) in [7, 11) is 3.12. The average molecular weight is 382 g/mol. The predicted octanol–water partition coefficient (Wildman–Crippen LogP) is 3.64. The van der Waals surface area contributed by atoms with E-state index >= 15 is 0 Å². The second-order valence-electron chi connectivity index (χ2n) is 4.99.